The van der Waals surface area contributed by atoms with Gasteiger partial charge in [0, 0.05) is 57.8 Å². The normalized spacial score (nSPS) is 22.8. The molecule has 2 saturated heterocycles. The van der Waals surface area contributed by atoms with Gasteiger partial charge >= 0.3 is 0 Å². The monoisotopic (exact) mass is 423 g/mol. The Balaban J connectivity index is 1.18. The Morgan fingerprint density at radius 3 is 2.45 bits per heavy atom. The third kappa shape index (κ3) is 6.19. The molecule has 3 aliphatic rings. The Morgan fingerprint density at radius 2 is 1.71 bits per heavy atom. The van der Waals surface area contributed by atoms with Gasteiger partial charge in [-0.2, -0.15) is 0 Å². The summed E-state index contributed by atoms with van der Waals surface area (Å²) in [5.74, 6) is 1.01. The van der Waals surface area contributed by atoms with Crippen molar-refractivity contribution in [2.45, 2.75) is 57.9 Å². The number of benzene rings is 1. The fourth-order valence-electron chi connectivity index (χ4n) is 5.20. The van der Waals surface area contributed by atoms with Gasteiger partial charge in [-0.15, -0.1) is 0 Å². The van der Waals surface area contributed by atoms with Crippen molar-refractivity contribution in [2.75, 3.05) is 39.3 Å². The van der Waals surface area contributed by atoms with E-state index in [2.05, 4.69) is 46.2 Å². The molecule has 0 spiro atoms. The van der Waals surface area contributed by atoms with Crippen LogP contribution in [0.2, 0.25) is 0 Å². The lowest BCUT2D eigenvalue weighted by Crippen LogP contribution is -2.48. The van der Waals surface area contributed by atoms with Gasteiger partial charge in [-0.05, 0) is 56.4 Å². The first-order valence-corrected chi connectivity index (χ1v) is 12.2. The molecule has 0 saturated carbocycles. The lowest BCUT2D eigenvalue weighted by atomic mass is 9.91. The van der Waals surface area contributed by atoms with E-state index in [1.807, 2.05) is 4.90 Å². The van der Waals surface area contributed by atoms with Crippen molar-refractivity contribution in [2.24, 2.45) is 5.92 Å². The summed E-state index contributed by atoms with van der Waals surface area (Å²) in [6.45, 7) is 6.22. The molecular weight excluding hydrogens is 386 g/mol. The second-order valence-electron chi connectivity index (χ2n) is 9.42. The first-order chi connectivity index (χ1) is 15.2. The van der Waals surface area contributed by atoms with E-state index >= 15 is 0 Å². The number of rotatable bonds is 6. The first-order valence-electron chi connectivity index (χ1n) is 12.2. The molecule has 1 aromatic rings. The number of piperidine rings is 1. The Kier molecular flexibility index (Phi) is 7.79. The van der Waals surface area contributed by atoms with Gasteiger partial charge in [0.25, 0.3) is 0 Å². The average molecular weight is 424 g/mol. The highest BCUT2D eigenvalue weighted by Crippen LogP contribution is 2.25. The van der Waals surface area contributed by atoms with Crippen molar-refractivity contribution in [1.29, 1.82) is 0 Å². The van der Waals surface area contributed by atoms with Crippen LogP contribution in [0, 0.1) is 5.92 Å². The highest BCUT2D eigenvalue weighted by molar-refractivity contribution is 5.93. The zero-order valence-corrected chi connectivity index (χ0v) is 18.8. The van der Waals surface area contributed by atoms with Crippen LogP contribution >= 0.6 is 0 Å². The fourth-order valence-corrected chi connectivity index (χ4v) is 5.20. The van der Waals surface area contributed by atoms with E-state index in [9.17, 15) is 9.59 Å². The number of likely N-dealkylation sites (tertiary alicyclic amines) is 1. The molecule has 31 heavy (non-hydrogen) atoms. The van der Waals surface area contributed by atoms with Gasteiger partial charge < -0.3 is 9.80 Å². The zero-order valence-electron chi connectivity index (χ0n) is 18.8. The SMILES string of the molecule is O=C(CCC1CCCN(C(=O)C2=CCCCC2)C1)N1CCN(Cc2ccccc2)CC1. The minimum atomic E-state index is 0.255. The molecule has 0 radical (unpaired) electrons. The zero-order chi connectivity index (χ0) is 21.5. The van der Waals surface area contributed by atoms with Gasteiger partial charge in [-0.1, -0.05) is 36.4 Å². The predicted octanol–water partition coefficient (Wildman–Crippen LogP) is 3.85. The van der Waals surface area contributed by atoms with Crippen LogP contribution in [0.25, 0.3) is 0 Å². The highest BCUT2D eigenvalue weighted by Gasteiger charge is 2.27. The van der Waals surface area contributed by atoms with Gasteiger partial charge in [0.05, 0.1) is 0 Å². The number of hydrogen-bond acceptors (Lipinski definition) is 3. The van der Waals surface area contributed by atoms with Gasteiger partial charge in [-0.3, -0.25) is 14.5 Å². The van der Waals surface area contributed by atoms with Crippen LogP contribution in [0.15, 0.2) is 42.0 Å². The van der Waals surface area contributed by atoms with Crippen LogP contribution in [-0.2, 0) is 16.1 Å². The van der Waals surface area contributed by atoms with E-state index in [0.717, 1.165) is 89.9 Å². The largest absolute Gasteiger partial charge is 0.340 e. The molecule has 4 rings (SSSR count). The number of amides is 2. The molecule has 0 bridgehead atoms. The molecule has 2 aliphatic heterocycles. The Bertz CT molecular complexity index is 768. The third-order valence-electron chi connectivity index (χ3n) is 7.11. The van der Waals surface area contributed by atoms with Crippen LogP contribution in [0.1, 0.15) is 56.9 Å². The summed E-state index contributed by atoms with van der Waals surface area (Å²) in [7, 11) is 0. The first kappa shape index (κ1) is 22.1. The van der Waals surface area contributed by atoms with Gasteiger partial charge in [0.15, 0.2) is 0 Å². The Morgan fingerprint density at radius 1 is 0.903 bits per heavy atom. The van der Waals surface area contributed by atoms with Crippen LogP contribution in [0.3, 0.4) is 0 Å². The number of carbonyl (C=O) groups is 2. The Labute approximate surface area is 187 Å². The summed E-state index contributed by atoms with van der Waals surface area (Å²) in [6, 6.07) is 10.6. The maximum absolute atomic E-state index is 12.8. The van der Waals surface area contributed by atoms with Crippen LogP contribution < -0.4 is 0 Å². The maximum Gasteiger partial charge on any atom is 0.249 e. The minimum Gasteiger partial charge on any atom is -0.340 e. The smallest absolute Gasteiger partial charge is 0.249 e. The molecule has 1 aromatic carbocycles. The second kappa shape index (κ2) is 10.9. The molecule has 2 fully saturated rings. The molecule has 2 heterocycles. The summed E-state index contributed by atoms with van der Waals surface area (Å²) in [4.78, 5) is 32.1. The average Bonchev–Trinajstić information content (AvgIpc) is 2.84. The van der Waals surface area contributed by atoms with Gasteiger partial charge in [0.2, 0.25) is 11.8 Å². The van der Waals surface area contributed by atoms with Crippen molar-refractivity contribution in [3.63, 3.8) is 0 Å². The van der Waals surface area contributed by atoms with Crippen LogP contribution in [-0.4, -0.2) is 65.8 Å². The Hall–Kier alpha value is -2.14. The van der Waals surface area contributed by atoms with E-state index < -0.39 is 0 Å². The van der Waals surface area contributed by atoms with Gasteiger partial charge in [0.1, 0.15) is 0 Å². The lowest BCUT2D eigenvalue weighted by molar-refractivity contribution is -0.133. The molecule has 0 N–H and O–H groups in total. The molecule has 5 heteroatoms. The van der Waals surface area contributed by atoms with E-state index in [0.29, 0.717) is 12.3 Å². The van der Waals surface area contributed by atoms with Gasteiger partial charge in [-0.25, -0.2) is 0 Å². The molecule has 0 aromatic heterocycles. The molecule has 1 unspecified atom stereocenters. The summed E-state index contributed by atoms with van der Waals surface area (Å²) in [6.07, 6.45) is 10.2. The van der Waals surface area contributed by atoms with Crippen molar-refractivity contribution in [1.82, 2.24) is 14.7 Å². The molecule has 1 aliphatic carbocycles. The highest BCUT2D eigenvalue weighted by atomic mass is 16.2. The number of carbonyl (C=O) groups excluding carboxylic acids is 2. The minimum absolute atomic E-state index is 0.255. The molecular formula is C26H37N3O2. The van der Waals surface area contributed by atoms with Crippen molar-refractivity contribution in [3.05, 3.63) is 47.5 Å². The second-order valence-corrected chi connectivity index (χ2v) is 9.42. The number of allylic oxidation sites excluding steroid dienone is 1. The molecule has 2 amide bonds. The molecule has 5 nitrogen and oxygen atoms in total. The number of nitrogens with zero attached hydrogens (tertiary/aromatic N) is 3. The van der Waals surface area contributed by atoms with Crippen LogP contribution in [0.5, 0.6) is 0 Å². The van der Waals surface area contributed by atoms with Crippen molar-refractivity contribution < 1.29 is 9.59 Å². The van der Waals surface area contributed by atoms with E-state index in [4.69, 9.17) is 0 Å². The third-order valence-corrected chi connectivity index (χ3v) is 7.11. The fraction of sp³-hybridized carbons (Fsp3) is 0.615. The van der Waals surface area contributed by atoms with Crippen molar-refractivity contribution >= 4 is 11.8 Å². The van der Waals surface area contributed by atoms with Crippen molar-refractivity contribution in [3.8, 4) is 0 Å². The standard InChI is InChI=1S/C26H37N3O2/c30-25(28-18-16-27(17-19-28)20-22-8-3-1-4-9-22)14-13-23-10-7-15-29(21-23)26(31)24-11-5-2-6-12-24/h1,3-4,8-9,11,23H,2,5-7,10,12-21H2. The maximum atomic E-state index is 12.8. The predicted molar refractivity (Wildman–Crippen MR) is 123 cm³/mol. The summed E-state index contributed by atoms with van der Waals surface area (Å²) in [5.41, 5.74) is 2.36. The number of piperazine rings is 1. The summed E-state index contributed by atoms with van der Waals surface area (Å²) < 4.78 is 0. The summed E-state index contributed by atoms with van der Waals surface area (Å²) in [5, 5.41) is 0. The number of hydrogen-bond donors (Lipinski definition) is 0. The van der Waals surface area contributed by atoms with E-state index in [1.165, 1.54) is 12.0 Å². The quantitative estimate of drug-likeness (QED) is 0.698. The topological polar surface area (TPSA) is 43.9 Å². The molecule has 1 atom stereocenters. The van der Waals surface area contributed by atoms with E-state index in [1.54, 1.807) is 0 Å². The lowest BCUT2D eigenvalue weighted by Gasteiger charge is -2.36. The van der Waals surface area contributed by atoms with E-state index in [-0.39, 0.29) is 11.8 Å². The summed E-state index contributed by atoms with van der Waals surface area (Å²) >= 11 is 0. The molecule has 168 valence electrons. The van der Waals surface area contributed by atoms with Crippen LogP contribution in [0.4, 0.5) is 0 Å².